The lowest BCUT2D eigenvalue weighted by Crippen LogP contribution is -2.39. The van der Waals surface area contributed by atoms with Gasteiger partial charge < -0.3 is 20.9 Å². The maximum Gasteiger partial charge on any atom is 0.238 e. The van der Waals surface area contributed by atoms with Gasteiger partial charge in [0.05, 0.1) is 6.54 Å². The molecule has 0 saturated carbocycles. The summed E-state index contributed by atoms with van der Waals surface area (Å²) in [7, 11) is 3.69. The van der Waals surface area contributed by atoms with Crippen LogP contribution >= 0.6 is 36.6 Å². The fraction of sp³-hybridized carbons (Fsp3) is 0.500. The highest BCUT2D eigenvalue weighted by atomic mass is 35.5. The molecule has 142 valence electrons. The van der Waals surface area contributed by atoms with Crippen LogP contribution in [0.5, 0.6) is 0 Å². The van der Waals surface area contributed by atoms with Gasteiger partial charge in [-0.2, -0.15) is 11.8 Å². The van der Waals surface area contributed by atoms with Gasteiger partial charge in [-0.3, -0.25) is 9.59 Å². The van der Waals surface area contributed by atoms with Crippen molar-refractivity contribution in [1.29, 1.82) is 0 Å². The van der Waals surface area contributed by atoms with Crippen molar-refractivity contribution in [2.45, 2.75) is 12.5 Å². The Morgan fingerprint density at radius 2 is 1.68 bits per heavy atom. The van der Waals surface area contributed by atoms with E-state index in [0.717, 1.165) is 29.4 Å². The molecule has 2 amide bonds. The van der Waals surface area contributed by atoms with Crippen LogP contribution in [0.4, 0.5) is 11.4 Å². The smallest absolute Gasteiger partial charge is 0.238 e. The molecule has 1 unspecified atom stereocenters. The Bertz CT molecular complexity index is 537. The van der Waals surface area contributed by atoms with E-state index in [1.807, 2.05) is 30.8 Å². The first-order valence-corrected chi connectivity index (χ1v) is 8.84. The van der Waals surface area contributed by atoms with Gasteiger partial charge in [-0.1, -0.05) is 0 Å². The minimum Gasteiger partial charge on any atom is -0.326 e. The Balaban J connectivity index is 0.00000288. The Morgan fingerprint density at radius 1 is 1.12 bits per heavy atom. The van der Waals surface area contributed by atoms with Crippen molar-refractivity contribution < 1.29 is 9.59 Å². The summed E-state index contributed by atoms with van der Waals surface area (Å²) in [5.41, 5.74) is 1.46. The third-order valence-electron chi connectivity index (χ3n) is 3.34. The SMILES string of the molecule is CN(C)CC(=O)Nc1ccc(NC(=O)CC2CSCCN2)cc1.Cl.Cl. The van der Waals surface area contributed by atoms with E-state index in [9.17, 15) is 9.59 Å². The molecule has 0 aliphatic carbocycles. The van der Waals surface area contributed by atoms with Crippen molar-refractivity contribution in [3.63, 3.8) is 0 Å². The van der Waals surface area contributed by atoms with Crippen molar-refractivity contribution >= 4 is 59.8 Å². The van der Waals surface area contributed by atoms with Gasteiger partial charge in [0, 0.05) is 41.9 Å². The Kier molecular flexibility index (Phi) is 11.9. The lowest BCUT2D eigenvalue weighted by atomic mass is 10.2. The van der Waals surface area contributed by atoms with Crippen LogP contribution in [0, 0.1) is 0 Å². The van der Waals surface area contributed by atoms with Crippen molar-refractivity contribution in [2.24, 2.45) is 0 Å². The molecular formula is C16H26Cl2N4O2S. The predicted molar refractivity (Wildman–Crippen MR) is 110 cm³/mol. The van der Waals surface area contributed by atoms with Gasteiger partial charge >= 0.3 is 0 Å². The summed E-state index contributed by atoms with van der Waals surface area (Å²) in [6.07, 6.45) is 0.480. The number of benzene rings is 1. The molecule has 0 bridgehead atoms. The minimum absolute atomic E-state index is 0. The normalized spacial score (nSPS) is 16.4. The molecular weight excluding hydrogens is 383 g/mol. The first kappa shape index (κ1) is 24.0. The molecule has 3 N–H and O–H groups in total. The van der Waals surface area contributed by atoms with Gasteiger partial charge in [0.15, 0.2) is 0 Å². The maximum absolute atomic E-state index is 12.0. The molecule has 0 aromatic heterocycles. The zero-order valence-electron chi connectivity index (χ0n) is 14.4. The second-order valence-electron chi connectivity index (χ2n) is 5.84. The van der Waals surface area contributed by atoms with E-state index in [4.69, 9.17) is 0 Å². The zero-order chi connectivity index (χ0) is 16.7. The lowest BCUT2D eigenvalue weighted by Gasteiger charge is -2.22. The van der Waals surface area contributed by atoms with Gasteiger partial charge in [0.1, 0.15) is 0 Å². The van der Waals surface area contributed by atoms with Gasteiger partial charge in [-0.15, -0.1) is 24.8 Å². The van der Waals surface area contributed by atoms with E-state index in [0.29, 0.717) is 13.0 Å². The van der Waals surface area contributed by atoms with Gasteiger partial charge in [0.25, 0.3) is 0 Å². The van der Waals surface area contributed by atoms with E-state index in [1.54, 1.807) is 24.3 Å². The second kappa shape index (κ2) is 12.4. The molecule has 9 heteroatoms. The topological polar surface area (TPSA) is 73.5 Å². The molecule has 1 aliphatic rings. The van der Waals surface area contributed by atoms with Crippen molar-refractivity contribution in [3.05, 3.63) is 24.3 Å². The highest BCUT2D eigenvalue weighted by Gasteiger charge is 2.16. The van der Waals surface area contributed by atoms with E-state index >= 15 is 0 Å². The molecule has 0 spiro atoms. The van der Waals surface area contributed by atoms with Crippen molar-refractivity contribution in [3.8, 4) is 0 Å². The molecule has 1 saturated heterocycles. The third kappa shape index (κ3) is 9.32. The minimum atomic E-state index is -0.0624. The lowest BCUT2D eigenvalue weighted by molar-refractivity contribution is -0.117. The molecule has 2 rings (SSSR count). The summed E-state index contributed by atoms with van der Waals surface area (Å²) >= 11 is 1.88. The van der Waals surface area contributed by atoms with Crippen LogP contribution in [-0.2, 0) is 9.59 Å². The first-order valence-electron chi connectivity index (χ1n) is 7.68. The number of rotatable bonds is 6. The number of halogens is 2. The average molecular weight is 409 g/mol. The molecule has 1 heterocycles. The van der Waals surface area contributed by atoms with Gasteiger partial charge in [-0.05, 0) is 38.4 Å². The van der Waals surface area contributed by atoms with E-state index in [2.05, 4.69) is 16.0 Å². The van der Waals surface area contributed by atoms with Gasteiger partial charge in [0.2, 0.25) is 11.8 Å². The highest BCUT2D eigenvalue weighted by Crippen LogP contribution is 2.15. The number of nitrogens with one attached hydrogen (secondary N) is 3. The first-order chi connectivity index (χ1) is 11.0. The number of hydrogen-bond acceptors (Lipinski definition) is 5. The summed E-state index contributed by atoms with van der Waals surface area (Å²) in [5.74, 6) is 2.03. The van der Waals surface area contributed by atoms with E-state index in [-0.39, 0.29) is 42.7 Å². The number of likely N-dealkylation sites (N-methyl/N-ethyl adjacent to an activating group) is 1. The molecule has 0 radical (unpaired) electrons. The van der Waals surface area contributed by atoms with E-state index in [1.165, 1.54) is 0 Å². The predicted octanol–water partition coefficient (Wildman–Crippen LogP) is 2.06. The van der Waals surface area contributed by atoms with Crippen molar-refractivity contribution in [2.75, 3.05) is 49.3 Å². The third-order valence-corrected chi connectivity index (χ3v) is 4.47. The Hall–Kier alpha value is -0.990. The summed E-state index contributed by atoms with van der Waals surface area (Å²) in [5, 5.41) is 9.06. The number of thioether (sulfide) groups is 1. The van der Waals surface area contributed by atoms with Crippen LogP contribution in [0.15, 0.2) is 24.3 Å². The van der Waals surface area contributed by atoms with Crippen LogP contribution in [-0.4, -0.2) is 61.4 Å². The number of carbonyl (C=O) groups excluding carboxylic acids is 2. The Morgan fingerprint density at radius 3 is 2.16 bits per heavy atom. The van der Waals surface area contributed by atoms with Crippen LogP contribution in [0.2, 0.25) is 0 Å². The molecule has 1 aromatic carbocycles. The fourth-order valence-electron chi connectivity index (χ4n) is 2.31. The summed E-state index contributed by atoms with van der Waals surface area (Å²) in [6, 6.07) is 7.42. The number of anilines is 2. The fourth-order valence-corrected chi connectivity index (χ4v) is 3.26. The van der Waals surface area contributed by atoms with Crippen LogP contribution in [0.1, 0.15) is 6.42 Å². The Labute approximate surface area is 165 Å². The van der Waals surface area contributed by atoms with Crippen LogP contribution in [0.25, 0.3) is 0 Å². The molecule has 1 aromatic rings. The number of hydrogen-bond donors (Lipinski definition) is 3. The zero-order valence-corrected chi connectivity index (χ0v) is 16.9. The quantitative estimate of drug-likeness (QED) is 0.671. The second-order valence-corrected chi connectivity index (χ2v) is 6.99. The van der Waals surface area contributed by atoms with E-state index < -0.39 is 0 Å². The molecule has 1 atom stereocenters. The number of carbonyl (C=O) groups is 2. The molecule has 25 heavy (non-hydrogen) atoms. The van der Waals surface area contributed by atoms with Gasteiger partial charge in [-0.25, -0.2) is 0 Å². The molecule has 1 fully saturated rings. The van der Waals surface area contributed by atoms with Crippen molar-refractivity contribution in [1.82, 2.24) is 10.2 Å². The largest absolute Gasteiger partial charge is 0.326 e. The highest BCUT2D eigenvalue weighted by molar-refractivity contribution is 7.99. The number of amides is 2. The summed E-state index contributed by atoms with van der Waals surface area (Å²) in [6.45, 7) is 1.30. The van der Waals surface area contributed by atoms with Crippen LogP contribution < -0.4 is 16.0 Å². The molecule has 6 nitrogen and oxygen atoms in total. The molecule has 1 aliphatic heterocycles. The van der Waals surface area contributed by atoms with Crippen LogP contribution in [0.3, 0.4) is 0 Å². The number of nitrogens with zero attached hydrogens (tertiary/aromatic N) is 1. The summed E-state index contributed by atoms with van der Waals surface area (Å²) in [4.78, 5) is 25.5. The average Bonchev–Trinajstić information content (AvgIpc) is 2.49. The monoisotopic (exact) mass is 408 g/mol. The maximum atomic E-state index is 12.0. The standard InChI is InChI=1S/C16H24N4O2S.2ClH/c1-20(2)10-16(22)19-13-5-3-12(4-6-13)18-15(21)9-14-11-23-8-7-17-14;;/h3-6,14,17H,7-11H2,1-2H3,(H,18,21)(H,19,22);2*1H. The summed E-state index contributed by atoms with van der Waals surface area (Å²) < 4.78 is 0.